The summed E-state index contributed by atoms with van der Waals surface area (Å²) in [4.78, 5) is 0. The Hall–Kier alpha value is -0.700. The van der Waals surface area contributed by atoms with Crippen LogP contribution in [-0.2, 0) is 6.42 Å². The molecule has 0 atom stereocenters. The fourth-order valence-corrected chi connectivity index (χ4v) is 1.47. The van der Waals surface area contributed by atoms with E-state index < -0.39 is 11.6 Å². The summed E-state index contributed by atoms with van der Waals surface area (Å²) in [6.45, 7) is 0. The van der Waals surface area contributed by atoms with Gasteiger partial charge in [0.1, 0.15) is 0 Å². The molecule has 0 spiro atoms. The molecule has 0 aliphatic rings. The van der Waals surface area contributed by atoms with Crippen LogP contribution in [0, 0.1) is 26.5 Å². The summed E-state index contributed by atoms with van der Waals surface area (Å²) in [6.07, 6.45) is -0.0976. The Labute approximate surface area is 82.1 Å². The maximum atomic E-state index is 12.8. The average molecular weight is 279 g/mol. The van der Waals surface area contributed by atoms with Gasteiger partial charge in [0.2, 0.25) is 0 Å². The largest absolute Gasteiger partial charge is 0.204 e. The lowest BCUT2D eigenvalue weighted by molar-refractivity contribution is 0.500. The second kappa shape index (κ2) is 3.81. The van der Waals surface area contributed by atoms with Crippen molar-refractivity contribution < 1.29 is 8.78 Å². The van der Waals surface area contributed by atoms with Crippen molar-refractivity contribution in [2.45, 2.75) is 6.42 Å². The number of hydrogen-bond donors (Lipinski definition) is 0. The monoisotopic (exact) mass is 279 g/mol. The lowest BCUT2D eigenvalue weighted by Crippen LogP contribution is -1.94. The van der Waals surface area contributed by atoms with Crippen molar-refractivity contribution in [3.63, 3.8) is 0 Å². The van der Waals surface area contributed by atoms with Crippen molar-refractivity contribution in [3.05, 3.63) is 32.9 Å². The van der Waals surface area contributed by atoms with Gasteiger partial charge in [-0.3, -0.25) is 0 Å². The van der Waals surface area contributed by atoms with Crippen LogP contribution in [0.2, 0.25) is 0 Å². The molecule has 12 heavy (non-hydrogen) atoms. The summed E-state index contributed by atoms with van der Waals surface area (Å²) in [5, 5.41) is 8.28. The quantitative estimate of drug-likeness (QED) is 0.572. The second-order valence-corrected chi connectivity index (χ2v) is 3.44. The third kappa shape index (κ3) is 1.91. The van der Waals surface area contributed by atoms with Gasteiger partial charge in [0.05, 0.1) is 12.5 Å². The van der Waals surface area contributed by atoms with E-state index in [-0.39, 0.29) is 12.0 Å². The first-order valence-corrected chi connectivity index (χ1v) is 4.23. The summed E-state index contributed by atoms with van der Waals surface area (Å²) in [6, 6.07) is 4.32. The summed E-state index contributed by atoms with van der Waals surface area (Å²) in [5.74, 6) is -1.82. The van der Waals surface area contributed by atoms with Gasteiger partial charge in [-0.2, -0.15) is 5.26 Å². The number of nitriles is 1. The molecule has 1 rings (SSSR count). The van der Waals surface area contributed by atoms with Crippen LogP contribution >= 0.6 is 22.6 Å². The fraction of sp³-hybridized carbons (Fsp3) is 0.125. The zero-order valence-electron chi connectivity index (χ0n) is 5.94. The van der Waals surface area contributed by atoms with Gasteiger partial charge in [0.15, 0.2) is 11.6 Å². The van der Waals surface area contributed by atoms with E-state index in [0.29, 0.717) is 3.57 Å². The molecule has 0 saturated carbocycles. The molecule has 0 aliphatic carbocycles. The minimum Gasteiger partial charge on any atom is -0.204 e. The van der Waals surface area contributed by atoms with E-state index in [1.807, 2.05) is 22.6 Å². The fourth-order valence-electron chi connectivity index (χ4n) is 0.823. The molecule has 0 fully saturated rings. The van der Waals surface area contributed by atoms with Gasteiger partial charge in [0, 0.05) is 9.13 Å². The summed E-state index contributed by atoms with van der Waals surface area (Å²) in [5.41, 5.74) is 0.113. The molecule has 62 valence electrons. The third-order valence-electron chi connectivity index (χ3n) is 1.34. The molecule has 0 N–H and O–H groups in total. The Kier molecular flexibility index (Phi) is 2.98. The Bertz CT molecular complexity index is 344. The molecule has 0 saturated heterocycles. The first-order valence-electron chi connectivity index (χ1n) is 3.15. The van der Waals surface area contributed by atoms with Gasteiger partial charge in [0.25, 0.3) is 0 Å². The average Bonchev–Trinajstić information content (AvgIpc) is 2.00. The van der Waals surface area contributed by atoms with Crippen molar-refractivity contribution >= 4 is 22.6 Å². The molecule has 0 radical (unpaired) electrons. The molecule has 1 nitrogen and oxygen atoms in total. The zero-order chi connectivity index (χ0) is 9.14. The first kappa shape index (κ1) is 9.39. The normalized spacial score (nSPS) is 9.50. The van der Waals surface area contributed by atoms with Crippen molar-refractivity contribution in [2.75, 3.05) is 0 Å². The van der Waals surface area contributed by atoms with Crippen LogP contribution in [0.3, 0.4) is 0 Å². The lowest BCUT2D eigenvalue weighted by Gasteiger charge is -1.99. The Morgan fingerprint density at radius 1 is 1.42 bits per heavy atom. The summed E-state index contributed by atoms with van der Waals surface area (Å²) >= 11 is 1.87. The van der Waals surface area contributed by atoms with Crippen molar-refractivity contribution in [2.24, 2.45) is 0 Å². The van der Waals surface area contributed by atoms with Gasteiger partial charge >= 0.3 is 0 Å². The van der Waals surface area contributed by atoms with E-state index in [1.54, 1.807) is 6.07 Å². The highest BCUT2D eigenvalue weighted by atomic mass is 127. The minimum absolute atomic E-state index is 0.0976. The molecule has 1 aromatic carbocycles. The molecular formula is C8H4F2IN. The Balaban J connectivity index is 3.20. The molecule has 1 aromatic rings. The van der Waals surface area contributed by atoms with Crippen LogP contribution in [0.25, 0.3) is 0 Å². The number of benzene rings is 1. The van der Waals surface area contributed by atoms with Gasteiger partial charge in [-0.15, -0.1) is 0 Å². The topological polar surface area (TPSA) is 23.8 Å². The number of rotatable bonds is 1. The molecule has 4 heteroatoms. The molecule has 0 heterocycles. The van der Waals surface area contributed by atoms with Crippen molar-refractivity contribution in [1.82, 2.24) is 0 Å². The van der Waals surface area contributed by atoms with E-state index >= 15 is 0 Å². The van der Waals surface area contributed by atoms with E-state index in [1.165, 1.54) is 6.07 Å². The highest BCUT2D eigenvalue weighted by Crippen LogP contribution is 2.16. The van der Waals surface area contributed by atoms with Crippen LogP contribution in [-0.4, -0.2) is 0 Å². The van der Waals surface area contributed by atoms with Gasteiger partial charge in [-0.1, -0.05) is 0 Å². The van der Waals surface area contributed by atoms with Crippen LogP contribution in [0.5, 0.6) is 0 Å². The standard InChI is InChI=1S/C8H4F2IN/c9-7-4-6(11)3-5(1-2-12)8(7)10/h3-4H,1H2. The van der Waals surface area contributed by atoms with Crippen molar-refractivity contribution in [3.8, 4) is 6.07 Å². The molecular weight excluding hydrogens is 275 g/mol. The maximum absolute atomic E-state index is 12.8. The van der Waals surface area contributed by atoms with Crippen LogP contribution in [0.15, 0.2) is 12.1 Å². The van der Waals surface area contributed by atoms with Crippen LogP contribution in [0.4, 0.5) is 8.78 Å². The Morgan fingerprint density at radius 3 is 2.67 bits per heavy atom. The molecule has 0 unspecified atom stereocenters. The molecule has 0 aromatic heterocycles. The van der Waals surface area contributed by atoms with Crippen molar-refractivity contribution in [1.29, 1.82) is 5.26 Å². The number of halogens is 3. The van der Waals surface area contributed by atoms with E-state index in [2.05, 4.69) is 0 Å². The van der Waals surface area contributed by atoms with Crippen LogP contribution < -0.4 is 0 Å². The third-order valence-corrected chi connectivity index (χ3v) is 1.96. The summed E-state index contributed by atoms with van der Waals surface area (Å²) < 4.78 is 26.1. The predicted molar refractivity (Wildman–Crippen MR) is 48.4 cm³/mol. The molecule has 0 amide bonds. The highest BCUT2D eigenvalue weighted by molar-refractivity contribution is 14.1. The smallest absolute Gasteiger partial charge is 0.163 e. The highest BCUT2D eigenvalue weighted by Gasteiger charge is 2.08. The predicted octanol–water partition coefficient (Wildman–Crippen LogP) is 2.64. The lowest BCUT2D eigenvalue weighted by atomic mass is 10.1. The van der Waals surface area contributed by atoms with E-state index in [0.717, 1.165) is 6.07 Å². The SMILES string of the molecule is N#CCc1cc(I)cc(F)c1F. The maximum Gasteiger partial charge on any atom is 0.163 e. The van der Waals surface area contributed by atoms with E-state index in [9.17, 15) is 8.78 Å². The number of hydrogen-bond acceptors (Lipinski definition) is 1. The molecule has 0 bridgehead atoms. The number of nitrogens with zero attached hydrogens (tertiary/aromatic N) is 1. The first-order chi connectivity index (χ1) is 5.65. The van der Waals surface area contributed by atoms with Gasteiger partial charge < -0.3 is 0 Å². The van der Waals surface area contributed by atoms with E-state index in [4.69, 9.17) is 5.26 Å². The zero-order valence-corrected chi connectivity index (χ0v) is 8.10. The van der Waals surface area contributed by atoms with Gasteiger partial charge in [-0.05, 0) is 34.7 Å². The Morgan fingerprint density at radius 2 is 2.08 bits per heavy atom. The van der Waals surface area contributed by atoms with Crippen LogP contribution in [0.1, 0.15) is 5.56 Å². The summed E-state index contributed by atoms with van der Waals surface area (Å²) in [7, 11) is 0. The van der Waals surface area contributed by atoms with Gasteiger partial charge in [-0.25, -0.2) is 8.78 Å². The molecule has 0 aliphatic heterocycles. The second-order valence-electron chi connectivity index (χ2n) is 2.20. The minimum atomic E-state index is -0.919.